The third-order valence-electron chi connectivity index (χ3n) is 3.83. The number of hydrogen-bond donors (Lipinski definition) is 1. The molecule has 0 aliphatic carbocycles. The van der Waals surface area contributed by atoms with E-state index in [0.29, 0.717) is 12.4 Å². The fourth-order valence-corrected chi connectivity index (χ4v) is 2.67. The zero-order valence-corrected chi connectivity index (χ0v) is 16.3. The van der Waals surface area contributed by atoms with Gasteiger partial charge in [0.2, 0.25) is 0 Å². The van der Waals surface area contributed by atoms with Gasteiger partial charge in [-0.3, -0.25) is 4.57 Å². The highest BCUT2D eigenvalue weighted by atomic mass is 16.6. The van der Waals surface area contributed by atoms with E-state index in [2.05, 4.69) is 4.98 Å². The lowest BCUT2D eigenvalue weighted by molar-refractivity contribution is -0.160. The minimum Gasteiger partial charge on any atom is -0.491 e. The highest BCUT2D eigenvalue weighted by molar-refractivity contribution is 5.79. The molecule has 0 aliphatic heterocycles. The Morgan fingerprint density at radius 3 is 2.57 bits per heavy atom. The number of hydrogen-bond acceptors (Lipinski definition) is 6. The second kappa shape index (κ2) is 8.31. The number of nitrogen functional groups attached to an aromatic ring is 1. The molecule has 0 amide bonds. The number of esters is 1. The molecule has 0 unspecified atom stereocenters. The van der Waals surface area contributed by atoms with Crippen LogP contribution < -0.4 is 10.5 Å². The van der Waals surface area contributed by atoms with Crippen LogP contribution in [-0.2, 0) is 14.3 Å². The standard InChI is InChI=1S/C21H25N3O4/c1-21(2,3)28-20(25)13-26-10-11-27-17-8-9-19-18(12-17)23-14-24(19)16-6-4-15(22)5-7-16/h4-9,12,14H,10-11,13,22H2,1-3H3. The van der Waals surface area contributed by atoms with Crippen LogP contribution in [0.4, 0.5) is 5.69 Å². The van der Waals surface area contributed by atoms with Crippen molar-refractivity contribution in [3.05, 3.63) is 48.8 Å². The third-order valence-corrected chi connectivity index (χ3v) is 3.83. The quantitative estimate of drug-likeness (QED) is 0.382. The number of nitrogens with zero attached hydrogens (tertiary/aromatic N) is 2. The Morgan fingerprint density at radius 1 is 1.11 bits per heavy atom. The largest absolute Gasteiger partial charge is 0.491 e. The van der Waals surface area contributed by atoms with Crippen molar-refractivity contribution < 1.29 is 19.0 Å². The molecule has 7 heteroatoms. The summed E-state index contributed by atoms with van der Waals surface area (Å²) in [6, 6.07) is 13.3. The van der Waals surface area contributed by atoms with Gasteiger partial charge < -0.3 is 19.9 Å². The Kier molecular flexibility index (Phi) is 5.84. The molecule has 0 atom stereocenters. The van der Waals surface area contributed by atoms with E-state index in [9.17, 15) is 4.79 Å². The summed E-state index contributed by atoms with van der Waals surface area (Å²) in [5.74, 6) is 0.304. The van der Waals surface area contributed by atoms with Crippen molar-refractivity contribution in [3.63, 3.8) is 0 Å². The Balaban J connectivity index is 1.53. The molecule has 0 radical (unpaired) electrons. The Morgan fingerprint density at radius 2 is 1.86 bits per heavy atom. The number of ether oxygens (including phenoxy) is 3. The summed E-state index contributed by atoms with van der Waals surface area (Å²) in [6.07, 6.45) is 1.77. The van der Waals surface area contributed by atoms with Gasteiger partial charge in [-0.05, 0) is 57.2 Å². The normalized spacial score (nSPS) is 11.5. The van der Waals surface area contributed by atoms with E-state index in [4.69, 9.17) is 19.9 Å². The van der Waals surface area contributed by atoms with Crippen LogP contribution in [0.1, 0.15) is 20.8 Å². The van der Waals surface area contributed by atoms with Crippen molar-refractivity contribution in [3.8, 4) is 11.4 Å². The van der Waals surface area contributed by atoms with E-state index in [1.807, 2.05) is 67.8 Å². The molecule has 0 aliphatic rings. The number of aromatic nitrogens is 2. The first-order valence-electron chi connectivity index (χ1n) is 9.07. The Hall–Kier alpha value is -3.06. The number of rotatable bonds is 7. The molecule has 0 saturated carbocycles. The number of imidazole rings is 1. The molecule has 2 N–H and O–H groups in total. The summed E-state index contributed by atoms with van der Waals surface area (Å²) in [6.45, 7) is 5.98. The van der Waals surface area contributed by atoms with Gasteiger partial charge in [0.1, 0.15) is 30.9 Å². The van der Waals surface area contributed by atoms with Crippen LogP contribution in [0.25, 0.3) is 16.7 Å². The topological polar surface area (TPSA) is 88.6 Å². The SMILES string of the molecule is CC(C)(C)OC(=O)COCCOc1ccc2c(c1)ncn2-c1ccc(N)cc1. The lowest BCUT2D eigenvalue weighted by Crippen LogP contribution is -2.27. The highest BCUT2D eigenvalue weighted by Gasteiger charge is 2.16. The van der Waals surface area contributed by atoms with Crippen LogP contribution in [0.3, 0.4) is 0 Å². The van der Waals surface area contributed by atoms with Gasteiger partial charge in [-0.2, -0.15) is 0 Å². The van der Waals surface area contributed by atoms with Crippen molar-refractivity contribution in [2.75, 3.05) is 25.6 Å². The van der Waals surface area contributed by atoms with Gasteiger partial charge in [0.25, 0.3) is 0 Å². The van der Waals surface area contributed by atoms with Crippen LogP contribution in [0.15, 0.2) is 48.8 Å². The number of carbonyl (C=O) groups excluding carboxylic acids is 1. The first kappa shape index (κ1) is 19.7. The summed E-state index contributed by atoms with van der Waals surface area (Å²) in [5, 5.41) is 0. The molecule has 0 fully saturated rings. The summed E-state index contributed by atoms with van der Waals surface area (Å²) in [5.41, 5.74) is 8.74. The summed E-state index contributed by atoms with van der Waals surface area (Å²) in [4.78, 5) is 16.0. The molecule has 2 aromatic carbocycles. The first-order valence-corrected chi connectivity index (χ1v) is 9.07. The van der Waals surface area contributed by atoms with Crippen molar-refractivity contribution in [2.45, 2.75) is 26.4 Å². The first-order chi connectivity index (χ1) is 13.3. The molecule has 1 heterocycles. The maximum absolute atomic E-state index is 11.6. The Bertz CT molecular complexity index is 942. The van der Waals surface area contributed by atoms with Crippen molar-refractivity contribution in [1.82, 2.24) is 9.55 Å². The van der Waals surface area contributed by atoms with Crippen molar-refractivity contribution in [2.24, 2.45) is 0 Å². The number of benzene rings is 2. The number of anilines is 1. The Labute approximate surface area is 164 Å². The molecule has 0 spiro atoms. The molecule has 148 valence electrons. The molecule has 3 rings (SSSR count). The number of nitrogens with two attached hydrogens (primary N) is 1. The number of fused-ring (bicyclic) bond motifs is 1. The zero-order chi connectivity index (χ0) is 20.1. The molecular weight excluding hydrogens is 358 g/mol. The van der Waals surface area contributed by atoms with E-state index in [1.54, 1.807) is 6.33 Å². The van der Waals surface area contributed by atoms with E-state index >= 15 is 0 Å². The predicted octanol–water partition coefficient (Wildman–Crippen LogP) is 3.34. The van der Waals surface area contributed by atoms with Crippen LogP contribution in [0.2, 0.25) is 0 Å². The van der Waals surface area contributed by atoms with Gasteiger partial charge in [-0.1, -0.05) is 0 Å². The average molecular weight is 383 g/mol. The van der Waals surface area contributed by atoms with Gasteiger partial charge in [0.05, 0.1) is 17.6 Å². The molecule has 1 aromatic heterocycles. The summed E-state index contributed by atoms with van der Waals surface area (Å²) < 4.78 is 18.1. The van der Waals surface area contributed by atoms with Crippen LogP contribution in [-0.4, -0.2) is 40.9 Å². The smallest absolute Gasteiger partial charge is 0.332 e. The number of carbonyl (C=O) groups is 1. The summed E-state index contributed by atoms with van der Waals surface area (Å²) in [7, 11) is 0. The minimum atomic E-state index is -0.512. The maximum Gasteiger partial charge on any atom is 0.332 e. The van der Waals surface area contributed by atoms with E-state index in [0.717, 1.165) is 22.4 Å². The van der Waals surface area contributed by atoms with Crippen molar-refractivity contribution in [1.29, 1.82) is 0 Å². The van der Waals surface area contributed by atoms with Gasteiger partial charge in [-0.15, -0.1) is 0 Å². The fraction of sp³-hybridized carbons (Fsp3) is 0.333. The van der Waals surface area contributed by atoms with Gasteiger partial charge in [0, 0.05) is 17.4 Å². The van der Waals surface area contributed by atoms with Crippen LogP contribution in [0, 0.1) is 0 Å². The van der Waals surface area contributed by atoms with Gasteiger partial charge in [0.15, 0.2) is 0 Å². The molecule has 7 nitrogen and oxygen atoms in total. The second-order valence-electron chi connectivity index (χ2n) is 7.34. The fourth-order valence-electron chi connectivity index (χ4n) is 2.67. The average Bonchev–Trinajstić information content (AvgIpc) is 3.04. The molecule has 3 aromatic rings. The molecule has 0 saturated heterocycles. The predicted molar refractivity (Wildman–Crippen MR) is 108 cm³/mol. The highest BCUT2D eigenvalue weighted by Crippen LogP contribution is 2.23. The van der Waals surface area contributed by atoms with Crippen LogP contribution >= 0.6 is 0 Å². The zero-order valence-electron chi connectivity index (χ0n) is 16.3. The van der Waals surface area contributed by atoms with Crippen LogP contribution in [0.5, 0.6) is 5.75 Å². The lowest BCUT2D eigenvalue weighted by Gasteiger charge is -2.19. The lowest BCUT2D eigenvalue weighted by atomic mass is 10.2. The van der Waals surface area contributed by atoms with E-state index in [-0.39, 0.29) is 19.2 Å². The van der Waals surface area contributed by atoms with Gasteiger partial charge in [-0.25, -0.2) is 9.78 Å². The minimum absolute atomic E-state index is 0.0916. The monoisotopic (exact) mass is 383 g/mol. The third kappa shape index (κ3) is 5.23. The second-order valence-corrected chi connectivity index (χ2v) is 7.34. The van der Waals surface area contributed by atoms with E-state index in [1.165, 1.54) is 0 Å². The van der Waals surface area contributed by atoms with E-state index < -0.39 is 5.60 Å². The molecule has 0 bridgehead atoms. The summed E-state index contributed by atoms with van der Waals surface area (Å²) >= 11 is 0. The molecule has 28 heavy (non-hydrogen) atoms. The maximum atomic E-state index is 11.6. The van der Waals surface area contributed by atoms with Gasteiger partial charge >= 0.3 is 5.97 Å². The molecular formula is C21H25N3O4. The van der Waals surface area contributed by atoms with Crippen molar-refractivity contribution >= 4 is 22.7 Å².